The Morgan fingerprint density at radius 2 is 1.90 bits per heavy atom. The fourth-order valence-corrected chi connectivity index (χ4v) is 4.92. The highest BCUT2D eigenvalue weighted by molar-refractivity contribution is 7.99. The number of rotatable bonds is 8. The summed E-state index contributed by atoms with van der Waals surface area (Å²) in [5, 5.41) is 6.07. The van der Waals surface area contributed by atoms with Crippen molar-refractivity contribution in [2.45, 2.75) is 42.9 Å². The van der Waals surface area contributed by atoms with Crippen molar-refractivity contribution >= 4 is 43.9 Å². The SMILES string of the molecule is CCCn1c(SCCCn2c(=O)oc3ccccc32)nc2cc(S(N)(=O)=O)ccc21. The Morgan fingerprint density at radius 1 is 1.10 bits per heavy atom. The molecule has 4 rings (SSSR count). The van der Waals surface area contributed by atoms with Crippen LogP contribution in [0.4, 0.5) is 0 Å². The third-order valence-corrected chi connectivity index (χ3v) is 6.77. The number of nitrogens with two attached hydrogens (primary N) is 1. The molecule has 0 aliphatic heterocycles. The van der Waals surface area contributed by atoms with Crippen LogP contribution in [0.5, 0.6) is 0 Å². The van der Waals surface area contributed by atoms with Gasteiger partial charge in [-0.1, -0.05) is 30.8 Å². The minimum absolute atomic E-state index is 0.0545. The van der Waals surface area contributed by atoms with Gasteiger partial charge in [-0.2, -0.15) is 0 Å². The lowest BCUT2D eigenvalue weighted by molar-refractivity contribution is 0.503. The second kappa shape index (κ2) is 8.29. The first-order valence-corrected chi connectivity index (χ1v) is 12.2. The second-order valence-electron chi connectivity index (χ2n) is 6.93. The molecule has 0 radical (unpaired) electrons. The van der Waals surface area contributed by atoms with Gasteiger partial charge >= 0.3 is 5.76 Å². The van der Waals surface area contributed by atoms with Crippen LogP contribution in [-0.2, 0) is 23.1 Å². The van der Waals surface area contributed by atoms with Gasteiger partial charge < -0.3 is 8.98 Å². The van der Waals surface area contributed by atoms with Crippen LogP contribution in [0.15, 0.2) is 61.7 Å². The Hall–Kier alpha value is -2.56. The summed E-state index contributed by atoms with van der Waals surface area (Å²) < 4.78 is 32.3. The van der Waals surface area contributed by atoms with Gasteiger partial charge in [0.2, 0.25) is 10.0 Å². The lowest BCUT2D eigenvalue weighted by atomic mass is 10.3. The van der Waals surface area contributed by atoms with Crippen LogP contribution < -0.4 is 10.9 Å². The molecule has 0 fully saturated rings. The Balaban J connectivity index is 1.52. The predicted molar refractivity (Wildman–Crippen MR) is 117 cm³/mol. The number of hydrogen-bond acceptors (Lipinski definition) is 6. The normalized spacial score (nSPS) is 12.2. The van der Waals surface area contributed by atoms with E-state index in [1.807, 2.05) is 18.2 Å². The first-order valence-electron chi connectivity index (χ1n) is 9.62. The Morgan fingerprint density at radius 3 is 2.67 bits per heavy atom. The average Bonchev–Trinajstić information content (AvgIpc) is 3.21. The van der Waals surface area contributed by atoms with Crippen molar-refractivity contribution in [2.75, 3.05) is 5.75 Å². The summed E-state index contributed by atoms with van der Waals surface area (Å²) in [5.41, 5.74) is 2.87. The number of para-hydroxylation sites is 2. The van der Waals surface area contributed by atoms with E-state index in [2.05, 4.69) is 16.5 Å². The molecule has 158 valence electrons. The fourth-order valence-electron chi connectivity index (χ4n) is 3.43. The summed E-state index contributed by atoms with van der Waals surface area (Å²) in [7, 11) is -3.78. The molecule has 4 aromatic rings. The lowest BCUT2D eigenvalue weighted by Gasteiger charge is -2.07. The monoisotopic (exact) mass is 446 g/mol. The Bertz CT molecular complexity index is 1370. The minimum atomic E-state index is -3.78. The van der Waals surface area contributed by atoms with E-state index in [4.69, 9.17) is 9.56 Å². The van der Waals surface area contributed by atoms with E-state index in [-0.39, 0.29) is 10.7 Å². The molecule has 0 amide bonds. The molecule has 0 unspecified atom stereocenters. The molecule has 10 heteroatoms. The third-order valence-electron chi connectivity index (χ3n) is 4.79. The van der Waals surface area contributed by atoms with Gasteiger partial charge in [0.05, 0.1) is 21.4 Å². The summed E-state index contributed by atoms with van der Waals surface area (Å²) in [4.78, 5) is 16.8. The van der Waals surface area contributed by atoms with Crippen molar-refractivity contribution in [2.24, 2.45) is 5.14 Å². The lowest BCUT2D eigenvalue weighted by Crippen LogP contribution is -2.14. The van der Waals surface area contributed by atoms with Crippen molar-refractivity contribution in [3.8, 4) is 0 Å². The van der Waals surface area contributed by atoms with E-state index >= 15 is 0 Å². The largest absolute Gasteiger partial charge is 0.419 e. The van der Waals surface area contributed by atoms with Crippen LogP contribution in [0.3, 0.4) is 0 Å². The molecule has 0 saturated carbocycles. The van der Waals surface area contributed by atoms with Crippen molar-refractivity contribution < 1.29 is 12.8 Å². The third kappa shape index (κ3) is 4.03. The van der Waals surface area contributed by atoms with E-state index in [1.165, 1.54) is 12.1 Å². The van der Waals surface area contributed by atoms with E-state index in [0.29, 0.717) is 17.6 Å². The number of fused-ring (bicyclic) bond motifs is 2. The highest BCUT2D eigenvalue weighted by Crippen LogP contribution is 2.27. The van der Waals surface area contributed by atoms with Crippen LogP contribution in [0.25, 0.3) is 22.1 Å². The number of aryl methyl sites for hydroxylation is 2. The van der Waals surface area contributed by atoms with Gasteiger partial charge in [-0.25, -0.2) is 23.3 Å². The molecule has 30 heavy (non-hydrogen) atoms. The van der Waals surface area contributed by atoms with Crippen LogP contribution in [0.2, 0.25) is 0 Å². The maximum atomic E-state index is 12.1. The number of imidazole rings is 1. The molecule has 2 aromatic heterocycles. The highest BCUT2D eigenvalue weighted by atomic mass is 32.2. The van der Waals surface area contributed by atoms with Crippen molar-refractivity contribution in [1.82, 2.24) is 14.1 Å². The molecule has 0 aliphatic carbocycles. The van der Waals surface area contributed by atoms with E-state index < -0.39 is 10.0 Å². The van der Waals surface area contributed by atoms with Crippen LogP contribution >= 0.6 is 11.8 Å². The standard InChI is InChI=1S/C20H22N4O4S2/c1-2-10-23-16-9-8-14(30(21,26)27)13-15(16)22-19(23)29-12-5-11-24-17-6-3-4-7-18(17)28-20(24)25/h3-4,6-9,13H,2,5,10-12H2,1H3,(H2,21,26,27). The molecule has 0 atom stereocenters. The van der Waals surface area contributed by atoms with Gasteiger partial charge in [-0.3, -0.25) is 4.57 Å². The van der Waals surface area contributed by atoms with Crippen LogP contribution in [-0.4, -0.2) is 28.3 Å². The quantitative estimate of drug-likeness (QED) is 0.328. The molecule has 0 spiro atoms. The number of benzene rings is 2. The molecule has 0 aliphatic rings. The van der Waals surface area contributed by atoms with Crippen LogP contribution in [0, 0.1) is 0 Å². The summed E-state index contributed by atoms with van der Waals surface area (Å²) >= 11 is 1.58. The van der Waals surface area contributed by atoms with Crippen molar-refractivity contribution in [1.29, 1.82) is 0 Å². The average molecular weight is 447 g/mol. The Labute approximate surface area is 177 Å². The zero-order valence-electron chi connectivity index (χ0n) is 16.4. The number of thioether (sulfide) groups is 1. The maximum Gasteiger partial charge on any atom is 0.419 e. The molecule has 2 N–H and O–H groups in total. The predicted octanol–water partition coefficient (Wildman–Crippen LogP) is 3.18. The van der Waals surface area contributed by atoms with Gasteiger partial charge in [0, 0.05) is 18.8 Å². The molecule has 8 nitrogen and oxygen atoms in total. The summed E-state index contributed by atoms with van der Waals surface area (Å²) in [6.45, 7) is 3.40. The number of aromatic nitrogens is 3. The number of sulfonamides is 1. The highest BCUT2D eigenvalue weighted by Gasteiger charge is 2.15. The zero-order valence-corrected chi connectivity index (χ0v) is 18.1. The topological polar surface area (TPSA) is 113 Å². The molecule has 0 bridgehead atoms. The van der Waals surface area contributed by atoms with Gasteiger partial charge in [0.15, 0.2) is 10.7 Å². The van der Waals surface area contributed by atoms with Gasteiger partial charge in [-0.15, -0.1) is 0 Å². The molecular formula is C20H22N4O4S2. The van der Waals surface area contributed by atoms with Crippen LogP contribution in [0.1, 0.15) is 19.8 Å². The summed E-state index contributed by atoms with van der Waals surface area (Å²) in [6.07, 6.45) is 1.68. The van der Waals surface area contributed by atoms with E-state index in [1.54, 1.807) is 28.5 Å². The van der Waals surface area contributed by atoms with Gasteiger partial charge in [0.25, 0.3) is 0 Å². The van der Waals surface area contributed by atoms with Gasteiger partial charge in [-0.05, 0) is 43.2 Å². The summed E-state index contributed by atoms with van der Waals surface area (Å²) in [6, 6.07) is 12.1. The second-order valence-corrected chi connectivity index (χ2v) is 9.55. The van der Waals surface area contributed by atoms with E-state index in [9.17, 15) is 13.2 Å². The number of nitrogens with zero attached hydrogens (tertiary/aromatic N) is 3. The number of hydrogen-bond donors (Lipinski definition) is 1. The smallest absolute Gasteiger partial charge is 0.408 e. The number of primary sulfonamides is 1. The maximum absolute atomic E-state index is 12.1. The Kier molecular flexibility index (Phi) is 5.72. The fraction of sp³-hybridized carbons (Fsp3) is 0.300. The molecular weight excluding hydrogens is 424 g/mol. The number of oxazole rings is 1. The first kappa shape index (κ1) is 20.7. The molecule has 0 saturated heterocycles. The zero-order chi connectivity index (χ0) is 21.3. The minimum Gasteiger partial charge on any atom is -0.408 e. The van der Waals surface area contributed by atoms with Gasteiger partial charge in [0.1, 0.15) is 0 Å². The molecule has 2 aromatic carbocycles. The van der Waals surface area contributed by atoms with Crippen molar-refractivity contribution in [3.05, 3.63) is 53.0 Å². The van der Waals surface area contributed by atoms with Crippen molar-refractivity contribution in [3.63, 3.8) is 0 Å². The molecule has 2 heterocycles. The summed E-state index contributed by atoms with van der Waals surface area (Å²) in [5.74, 6) is 0.399. The first-order chi connectivity index (χ1) is 14.4. The van der Waals surface area contributed by atoms with E-state index in [0.717, 1.165) is 41.3 Å².